The van der Waals surface area contributed by atoms with Crippen molar-refractivity contribution < 1.29 is 9.59 Å². The summed E-state index contributed by atoms with van der Waals surface area (Å²) in [6, 6.07) is 7.23. The summed E-state index contributed by atoms with van der Waals surface area (Å²) in [5.74, 6) is -0.398. The lowest BCUT2D eigenvalue weighted by molar-refractivity contribution is -0.120. The summed E-state index contributed by atoms with van der Waals surface area (Å²) in [4.78, 5) is 23.6. The zero-order valence-corrected chi connectivity index (χ0v) is 13.9. The van der Waals surface area contributed by atoms with Gasteiger partial charge in [0, 0.05) is 22.6 Å². The van der Waals surface area contributed by atoms with Crippen molar-refractivity contribution in [2.45, 2.75) is 18.9 Å². The van der Waals surface area contributed by atoms with Gasteiger partial charge in [0.05, 0.1) is 6.54 Å². The number of benzene rings is 1. The second-order valence-electron chi connectivity index (χ2n) is 4.80. The SMILES string of the molecule is Cl.O=C(CNC(=O)c1cccc(Br)c1)NC1CCCNC1. The maximum absolute atomic E-state index is 11.9. The summed E-state index contributed by atoms with van der Waals surface area (Å²) < 4.78 is 0.836. The first-order valence-electron chi connectivity index (χ1n) is 6.69. The third-order valence-electron chi connectivity index (χ3n) is 3.16. The van der Waals surface area contributed by atoms with E-state index in [1.165, 1.54) is 0 Å². The average molecular weight is 377 g/mol. The predicted octanol–water partition coefficient (Wildman–Crippen LogP) is 1.47. The minimum atomic E-state index is -0.247. The zero-order valence-electron chi connectivity index (χ0n) is 11.5. The van der Waals surface area contributed by atoms with Crippen LogP contribution in [-0.4, -0.2) is 37.5 Å². The lowest BCUT2D eigenvalue weighted by Crippen LogP contribution is -2.48. The van der Waals surface area contributed by atoms with Crippen LogP contribution in [0.4, 0.5) is 0 Å². The fourth-order valence-corrected chi connectivity index (χ4v) is 2.55. The van der Waals surface area contributed by atoms with Crippen molar-refractivity contribution >= 4 is 40.2 Å². The monoisotopic (exact) mass is 375 g/mol. The van der Waals surface area contributed by atoms with Crippen LogP contribution in [0, 0.1) is 0 Å². The van der Waals surface area contributed by atoms with E-state index in [0.29, 0.717) is 5.56 Å². The third-order valence-corrected chi connectivity index (χ3v) is 3.65. The van der Waals surface area contributed by atoms with Gasteiger partial charge in [-0.1, -0.05) is 22.0 Å². The first kappa shape index (κ1) is 17.9. The molecule has 3 N–H and O–H groups in total. The normalized spacial score (nSPS) is 17.5. The topological polar surface area (TPSA) is 70.2 Å². The Balaban J connectivity index is 0.00000220. The van der Waals surface area contributed by atoms with Gasteiger partial charge in [-0.2, -0.15) is 0 Å². The first-order valence-corrected chi connectivity index (χ1v) is 7.48. The van der Waals surface area contributed by atoms with Gasteiger partial charge in [-0.3, -0.25) is 9.59 Å². The van der Waals surface area contributed by atoms with Crippen LogP contribution < -0.4 is 16.0 Å². The predicted molar refractivity (Wildman–Crippen MR) is 87.8 cm³/mol. The third kappa shape index (κ3) is 6.03. The molecule has 1 aromatic rings. The van der Waals surface area contributed by atoms with Gasteiger partial charge in [-0.25, -0.2) is 0 Å². The molecule has 1 heterocycles. The quantitative estimate of drug-likeness (QED) is 0.745. The van der Waals surface area contributed by atoms with Gasteiger partial charge < -0.3 is 16.0 Å². The fraction of sp³-hybridized carbons (Fsp3) is 0.429. The smallest absolute Gasteiger partial charge is 0.251 e. The molecule has 7 heteroatoms. The van der Waals surface area contributed by atoms with E-state index in [-0.39, 0.29) is 36.8 Å². The molecule has 5 nitrogen and oxygen atoms in total. The number of carbonyl (C=O) groups excluding carboxylic acids is 2. The maximum Gasteiger partial charge on any atom is 0.251 e. The molecular weight excluding hydrogens is 358 g/mol. The van der Waals surface area contributed by atoms with Gasteiger partial charge in [0.2, 0.25) is 5.91 Å². The molecule has 1 saturated heterocycles. The molecule has 1 aromatic carbocycles. The fourth-order valence-electron chi connectivity index (χ4n) is 2.15. The maximum atomic E-state index is 11.9. The molecule has 1 unspecified atom stereocenters. The van der Waals surface area contributed by atoms with Crippen LogP contribution in [0.25, 0.3) is 0 Å². The highest BCUT2D eigenvalue weighted by Crippen LogP contribution is 2.11. The molecule has 0 radical (unpaired) electrons. The van der Waals surface area contributed by atoms with Gasteiger partial charge in [-0.05, 0) is 37.6 Å². The standard InChI is InChI=1S/C14H18BrN3O2.ClH/c15-11-4-1-3-10(7-11)14(20)17-9-13(19)18-12-5-2-6-16-8-12;/h1,3-4,7,12,16H,2,5-6,8-9H2,(H,17,20)(H,18,19);1H. The molecule has 0 bridgehead atoms. The molecule has 116 valence electrons. The van der Waals surface area contributed by atoms with Crippen molar-refractivity contribution in [2.24, 2.45) is 0 Å². The Hall–Kier alpha value is -1.11. The van der Waals surface area contributed by atoms with Crippen LogP contribution in [0.5, 0.6) is 0 Å². The van der Waals surface area contributed by atoms with Gasteiger partial charge in [0.25, 0.3) is 5.91 Å². The Morgan fingerprint density at radius 1 is 1.38 bits per heavy atom. The van der Waals surface area contributed by atoms with Crippen molar-refractivity contribution in [3.05, 3.63) is 34.3 Å². The first-order chi connectivity index (χ1) is 9.65. The number of carbonyl (C=O) groups is 2. The molecule has 1 atom stereocenters. The molecule has 2 amide bonds. The van der Waals surface area contributed by atoms with Gasteiger partial charge in [0.1, 0.15) is 0 Å². The van der Waals surface area contributed by atoms with E-state index in [0.717, 1.165) is 30.4 Å². The van der Waals surface area contributed by atoms with Crippen LogP contribution >= 0.6 is 28.3 Å². The second-order valence-corrected chi connectivity index (χ2v) is 5.72. The minimum Gasteiger partial charge on any atom is -0.351 e. The molecule has 1 fully saturated rings. The van der Waals surface area contributed by atoms with Crippen LogP contribution in [0.15, 0.2) is 28.7 Å². The molecule has 1 aliphatic rings. The van der Waals surface area contributed by atoms with E-state index in [4.69, 9.17) is 0 Å². The molecule has 0 saturated carbocycles. The Bertz CT molecular complexity index is 493. The van der Waals surface area contributed by atoms with Crippen LogP contribution in [-0.2, 0) is 4.79 Å². The highest BCUT2D eigenvalue weighted by atomic mass is 79.9. The molecule has 2 rings (SSSR count). The lowest BCUT2D eigenvalue weighted by Gasteiger charge is -2.23. The molecule has 1 aliphatic heterocycles. The van der Waals surface area contributed by atoms with Crippen LogP contribution in [0.2, 0.25) is 0 Å². The highest BCUT2D eigenvalue weighted by Gasteiger charge is 2.15. The Kier molecular flexibility index (Phi) is 7.71. The highest BCUT2D eigenvalue weighted by molar-refractivity contribution is 9.10. The number of amides is 2. The largest absolute Gasteiger partial charge is 0.351 e. The summed E-state index contributed by atoms with van der Waals surface area (Å²) in [7, 11) is 0. The number of hydrogen-bond acceptors (Lipinski definition) is 3. The van der Waals surface area contributed by atoms with Crippen molar-refractivity contribution in [3.63, 3.8) is 0 Å². The number of hydrogen-bond donors (Lipinski definition) is 3. The molecular formula is C14H19BrClN3O2. The summed E-state index contributed by atoms with van der Waals surface area (Å²) in [6.07, 6.45) is 2.05. The molecule has 0 aliphatic carbocycles. The Morgan fingerprint density at radius 3 is 2.86 bits per heavy atom. The summed E-state index contributed by atoms with van der Waals surface area (Å²) in [5.41, 5.74) is 0.534. The Morgan fingerprint density at radius 2 is 2.19 bits per heavy atom. The van der Waals surface area contributed by atoms with Crippen molar-refractivity contribution in [3.8, 4) is 0 Å². The van der Waals surface area contributed by atoms with Crippen LogP contribution in [0.3, 0.4) is 0 Å². The number of piperidine rings is 1. The van der Waals surface area contributed by atoms with Crippen molar-refractivity contribution in [2.75, 3.05) is 19.6 Å². The minimum absolute atomic E-state index is 0. The number of nitrogens with one attached hydrogen (secondary N) is 3. The van der Waals surface area contributed by atoms with Gasteiger partial charge in [-0.15, -0.1) is 12.4 Å². The molecule has 21 heavy (non-hydrogen) atoms. The van der Waals surface area contributed by atoms with E-state index in [1.807, 2.05) is 6.07 Å². The van der Waals surface area contributed by atoms with E-state index >= 15 is 0 Å². The second kappa shape index (κ2) is 9.02. The summed E-state index contributed by atoms with van der Waals surface area (Å²) in [6.45, 7) is 1.80. The lowest BCUT2D eigenvalue weighted by atomic mass is 10.1. The summed E-state index contributed by atoms with van der Waals surface area (Å²) >= 11 is 3.31. The van der Waals surface area contributed by atoms with Gasteiger partial charge in [0.15, 0.2) is 0 Å². The van der Waals surface area contributed by atoms with Crippen LogP contribution in [0.1, 0.15) is 23.2 Å². The van der Waals surface area contributed by atoms with E-state index in [2.05, 4.69) is 31.9 Å². The van der Waals surface area contributed by atoms with Crippen molar-refractivity contribution in [1.82, 2.24) is 16.0 Å². The van der Waals surface area contributed by atoms with E-state index in [1.54, 1.807) is 18.2 Å². The number of rotatable bonds is 4. The zero-order chi connectivity index (χ0) is 14.4. The number of halogens is 2. The molecule has 0 aromatic heterocycles. The van der Waals surface area contributed by atoms with E-state index in [9.17, 15) is 9.59 Å². The molecule has 0 spiro atoms. The van der Waals surface area contributed by atoms with E-state index < -0.39 is 0 Å². The Labute approximate surface area is 138 Å². The van der Waals surface area contributed by atoms with Crippen molar-refractivity contribution in [1.29, 1.82) is 0 Å². The van der Waals surface area contributed by atoms with Gasteiger partial charge >= 0.3 is 0 Å². The summed E-state index contributed by atoms with van der Waals surface area (Å²) in [5, 5.41) is 8.76. The average Bonchev–Trinajstić information content (AvgIpc) is 2.46.